The van der Waals surface area contributed by atoms with E-state index in [1.165, 1.54) is 12.1 Å². The lowest BCUT2D eigenvalue weighted by molar-refractivity contribution is -0.140. The molecule has 4 nitrogen and oxygen atoms in total. The summed E-state index contributed by atoms with van der Waals surface area (Å²) in [5.41, 5.74) is -0.235. The minimum absolute atomic E-state index is 0.00552. The number of alkyl halides is 3. The number of nitrogens with zero attached hydrogens (tertiary/aromatic N) is 2. The van der Waals surface area contributed by atoms with Crippen LogP contribution in [0.4, 0.5) is 13.2 Å². The van der Waals surface area contributed by atoms with E-state index in [4.69, 9.17) is 5.11 Å². The Labute approximate surface area is 158 Å². The Morgan fingerprint density at radius 1 is 1.22 bits per heavy atom. The number of piperazine rings is 1. The summed E-state index contributed by atoms with van der Waals surface area (Å²) in [5, 5.41) is 9.07. The molecule has 2 fully saturated rings. The van der Waals surface area contributed by atoms with Crippen LogP contribution in [0.5, 0.6) is 0 Å². The molecule has 1 aliphatic carbocycles. The van der Waals surface area contributed by atoms with Gasteiger partial charge in [-0.15, -0.1) is 0 Å². The van der Waals surface area contributed by atoms with Gasteiger partial charge in [-0.3, -0.25) is 14.6 Å². The molecule has 0 radical (unpaired) electrons. The smallest absolute Gasteiger partial charge is 0.416 e. The monoisotopic (exact) mass is 384 g/mol. The summed E-state index contributed by atoms with van der Waals surface area (Å²) in [6.45, 7) is 3.97. The SMILES string of the molecule is C[C@@H]1CN(C2(c3cccc(C(F)(F)F)c3)CCCCC2)CCN1CC(=O)O. The Bertz CT molecular complexity index is 671. The Kier molecular flexibility index (Phi) is 5.82. The topological polar surface area (TPSA) is 43.8 Å². The molecule has 7 heteroatoms. The molecule has 0 unspecified atom stereocenters. The standard InChI is InChI=1S/C20H27F3N2O2/c1-15-13-25(11-10-24(15)14-18(26)27)19(8-3-2-4-9-19)16-6-5-7-17(12-16)20(21,22)23/h5-7,12,15H,2-4,8-11,13-14H2,1H3,(H,26,27)/t15-/m1/s1. The molecule has 27 heavy (non-hydrogen) atoms. The average molecular weight is 384 g/mol. The zero-order chi connectivity index (χ0) is 19.7. The van der Waals surface area contributed by atoms with Gasteiger partial charge in [-0.05, 0) is 37.5 Å². The highest BCUT2D eigenvalue weighted by atomic mass is 19.4. The van der Waals surface area contributed by atoms with E-state index in [0.717, 1.165) is 43.7 Å². The summed E-state index contributed by atoms with van der Waals surface area (Å²) in [5.74, 6) is -0.847. The third kappa shape index (κ3) is 4.29. The van der Waals surface area contributed by atoms with Gasteiger partial charge in [-0.25, -0.2) is 0 Å². The minimum Gasteiger partial charge on any atom is -0.480 e. The lowest BCUT2D eigenvalue weighted by atomic mass is 9.74. The number of carboxylic acids is 1. The molecule has 0 aromatic heterocycles. The maximum absolute atomic E-state index is 13.3. The van der Waals surface area contributed by atoms with Gasteiger partial charge in [0.1, 0.15) is 0 Å². The predicted molar refractivity (Wildman–Crippen MR) is 96.5 cm³/mol. The summed E-state index contributed by atoms with van der Waals surface area (Å²) < 4.78 is 39.8. The summed E-state index contributed by atoms with van der Waals surface area (Å²) in [6, 6.07) is 5.85. The van der Waals surface area contributed by atoms with Crippen LogP contribution in [0.15, 0.2) is 24.3 Å². The molecule has 150 valence electrons. The molecule has 1 atom stereocenters. The Morgan fingerprint density at radius 2 is 1.93 bits per heavy atom. The van der Waals surface area contributed by atoms with Gasteiger partial charge in [0.15, 0.2) is 0 Å². The zero-order valence-corrected chi connectivity index (χ0v) is 15.6. The molecule has 3 rings (SSSR count). The number of benzene rings is 1. The number of halogens is 3. The van der Waals surface area contributed by atoms with E-state index in [9.17, 15) is 18.0 Å². The maximum Gasteiger partial charge on any atom is 0.416 e. The van der Waals surface area contributed by atoms with Crippen molar-refractivity contribution in [1.82, 2.24) is 9.80 Å². The summed E-state index contributed by atoms with van der Waals surface area (Å²) in [4.78, 5) is 15.3. The normalized spacial score (nSPS) is 24.7. The number of aliphatic carboxylic acids is 1. The first-order chi connectivity index (χ1) is 12.7. The lowest BCUT2D eigenvalue weighted by Crippen LogP contribution is -2.60. The second kappa shape index (κ2) is 7.80. The number of hydrogen-bond acceptors (Lipinski definition) is 3. The molecule has 0 amide bonds. The number of hydrogen-bond donors (Lipinski definition) is 1. The summed E-state index contributed by atoms with van der Waals surface area (Å²) >= 11 is 0. The Morgan fingerprint density at radius 3 is 2.52 bits per heavy atom. The van der Waals surface area contributed by atoms with E-state index >= 15 is 0 Å². The molecular weight excluding hydrogens is 357 g/mol. The van der Waals surface area contributed by atoms with Crippen LogP contribution in [-0.4, -0.2) is 53.1 Å². The number of carboxylic acid groups (broad SMARTS) is 1. The summed E-state index contributed by atoms with van der Waals surface area (Å²) in [7, 11) is 0. The van der Waals surface area contributed by atoms with Crippen molar-refractivity contribution in [3.8, 4) is 0 Å². The predicted octanol–water partition coefficient (Wildman–Crippen LogP) is 3.96. The van der Waals surface area contributed by atoms with Crippen LogP contribution in [0.25, 0.3) is 0 Å². The van der Waals surface area contributed by atoms with Crippen LogP contribution in [-0.2, 0) is 16.5 Å². The van der Waals surface area contributed by atoms with E-state index in [2.05, 4.69) is 4.90 Å². The first kappa shape index (κ1) is 20.1. The van der Waals surface area contributed by atoms with Crippen molar-refractivity contribution >= 4 is 5.97 Å². The third-order valence-corrected chi connectivity index (χ3v) is 6.12. The molecule has 1 aliphatic heterocycles. The van der Waals surface area contributed by atoms with Crippen LogP contribution in [0, 0.1) is 0 Å². The Balaban J connectivity index is 1.89. The number of carbonyl (C=O) groups is 1. The van der Waals surface area contributed by atoms with Crippen molar-refractivity contribution < 1.29 is 23.1 Å². The van der Waals surface area contributed by atoms with Gasteiger partial charge >= 0.3 is 12.1 Å². The maximum atomic E-state index is 13.3. The largest absolute Gasteiger partial charge is 0.480 e. The van der Waals surface area contributed by atoms with E-state index < -0.39 is 17.7 Å². The van der Waals surface area contributed by atoms with Crippen molar-refractivity contribution in [2.24, 2.45) is 0 Å². The van der Waals surface area contributed by atoms with Gasteiger partial charge in [0.05, 0.1) is 12.1 Å². The van der Waals surface area contributed by atoms with E-state index in [-0.39, 0.29) is 18.1 Å². The molecule has 0 spiro atoms. The van der Waals surface area contributed by atoms with Crippen LogP contribution < -0.4 is 0 Å². The zero-order valence-electron chi connectivity index (χ0n) is 15.6. The van der Waals surface area contributed by atoms with Crippen molar-refractivity contribution in [1.29, 1.82) is 0 Å². The molecule has 1 saturated carbocycles. The highest BCUT2D eigenvalue weighted by molar-refractivity contribution is 5.69. The van der Waals surface area contributed by atoms with E-state index in [1.807, 2.05) is 17.9 Å². The second-order valence-corrected chi connectivity index (χ2v) is 7.83. The highest BCUT2D eigenvalue weighted by Gasteiger charge is 2.43. The van der Waals surface area contributed by atoms with Crippen molar-refractivity contribution in [3.05, 3.63) is 35.4 Å². The lowest BCUT2D eigenvalue weighted by Gasteiger charge is -2.52. The van der Waals surface area contributed by atoms with Gasteiger partial charge in [0.25, 0.3) is 0 Å². The molecule has 2 aliphatic rings. The molecule has 1 heterocycles. The first-order valence-corrected chi connectivity index (χ1v) is 9.61. The van der Waals surface area contributed by atoms with Gasteiger partial charge in [0.2, 0.25) is 0 Å². The van der Waals surface area contributed by atoms with Gasteiger partial charge < -0.3 is 5.11 Å². The summed E-state index contributed by atoms with van der Waals surface area (Å²) in [6.07, 6.45) is 0.453. The van der Waals surface area contributed by atoms with Crippen LogP contribution in [0.3, 0.4) is 0 Å². The Hall–Kier alpha value is -1.60. The molecule has 1 aromatic carbocycles. The number of rotatable bonds is 4. The van der Waals surface area contributed by atoms with Crippen LogP contribution >= 0.6 is 0 Å². The third-order valence-electron chi connectivity index (χ3n) is 6.12. The minimum atomic E-state index is -4.35. The van der Waals surface area contributed by atoms with Gasteiger partial charge in [-0.2, -0.15) is 13.2 Å². The molecular formula is C20H27F3N2O2. The molecule has 1 aromatic rings. The quantitative estimate of drug-likeness (QED) is 0.854. The van der Waals surface area contributed by atoms with Crippen LogP contribution in [0.1, 0.15) is 50.2 Å². The fourth-order valence-corrected chi connectivity index (χ4v) is 4.70. The molecule has 1 saturated heterocycles. The highest BCUT2D eigenvalue weighted by Crippen LogP contribution is 2.44. The molecule has 1 N–H and O–H groups in total. The van der Waals surface area contributed by atoms with Crippen molar-refractivity contribution in [3.63, 3.8) is 0 Å². The van der Waals surface area contributed by atoms with Gasteiger partial charge in [-0.1, -0.05) is 31.4 Å². The fraction of sp³-hybridized carbons (Fsp3) is 0.650. The molecule has 0 bridgehead atoms. The van der Waals surface area contributed by atoms with E-state index in [0.29, 0.717) is 19.6 Å². The van der Waals surface area contributed by atoms with Crippen molar-refractivity contribution in [2.75, 3.05) is 26.2 Å². The van der Waals surface area contributed by atoms with Crippen molar-refractivity contribution in [2.45, 2.75) is 56.8 Å². The van der Waals surface area contributed by atoms with Gasteiger partial charge in [0, 0.05) is 31.2 Å². The second-order valence-electron chi connectivity index (χ2n) is 7.83. The van der Waals surface area contributed by atoms with E-state index in [1.54, 1.807) is 0 Å². The van der Waals surface area contributed by atoms with Crippen LogP contribution in [0.2, 0.25) is 0 Å². The fourth-order valence-electron chi connectivity index (χ4n) is 4.70. The average Bonchev–Trinajstić information content (AvgIpc) is 2.63. The first-order valence-electron chi connectivity index (χ1n) is 9.61.